The van der Waals surface area contributed by atoms with E-state index in [9.17, 15) is 0 Å². The number of likely N-dealkylation sites (tertiary alicyclic amines) is 1. The number of hydrogen-bond acceptors (Lipinski definition) is 4. The third-order valence-corrected chi connectivity index (χ3v) is 4.50. The summed E-state index contributed by atoms with van der Waals surface area (Å²) in [6, 6.07) is 14.9. The van der Waals surface area contributed by atoms with Gasteiger partial charge in [-0.3, -0.25) is 4.90 Å². The second kappa shape index (κ2) is 6.05. The lowest BCUT2D eigenvalue weighted by atomic mass is 10.1. The van der Waals surface area contributed by atoms with E-state index < -0.39 is 0 Å². The Kier molecular flexibility index (Phi) is 3.75. The van der Waals surface area contributed by atoms with E-state index in [4.69, 9.17) is 8.94 Å². The SMILES string of the molecule is Cc1cc([C@H]2CCCN2Cc2ccc(-c3ccco3)cc2)no1. The van der Waals surface area contributed by atoms with Gasteiger partial charge in [-0.25, -0.2) is 0 Å². The molecule has 4 nitrogen and oxygen atoms in total. The van der Waals surface area contributed by atoms with Gasteiger partial charge in [0.2, 0.25) is 0 Å². The molecule has 1 aromatic carbocycles. The maximum Gasteiger partial charge on any atom is 0.133 e. The fourth-order valence-electron chi connectivity index (χ4n) is 3.34. The van der Waals surface area contributed by atoms with Gasteiger partial charge >= 0.3 is 0 Å². The molecular formula is C19H20N2O2. The van der Waals surface area contributed by atoms with Crippen molar-refractivity contribution in [1.82, 2.24) is 10.1 Å². The van der Waals surface area contributed by atoms with Crippen molar-refractivity contribution in [1.29, 1.82) is 0 Å². The largest absolute Gasteiger partial charge is 0.464 e. The fourth-order valence-corrected chi connectivity index (χ4v) is 3.34. The molecule has 4 heteroatoms. The Morgan fingerprint density at radius 2 is 2.09 bits per heavy atom. The molecule has 1 fully saturated rings. The molecule has 0 saturated carbocycles. The average Bonchev–Trinajstić information content (AvgIpc) is 3.29. The van der Waals surface area contributed by atoms with Crippen LogP contribution < -0.4 is 0 Å². The van der Waals surface area contributed by atoms with Crippen LogP contribution in [0.2, 0.25) is 0 Å². The summed E-state index contributed by atoms with van der Waals surface area (Å²) < 4.78 is 10.7. The second-order valence-corrected chi connectivity index (χ2v) is 6.17. The molecule has 1 aliphatic rings. The van der Waals surface area contributed by atoms with E-state index in [0.717, 1.165) is 42.3 Å². The summed E-state index contributed by atoms with van der Waals surface area (Å²) in [5.41, 5.74) is 3.49. The predicted octanol–water partition coefficient (Wildman–Crippen LogP) is 4.58. The van der Waals surface area contributed by atoms with Gasteiger partial charge in [-0.2, -0.15) is 0 Å². The maximum atomic E-state index is 5.44. The average molecular weight is 308 g/mol. The molecule has 118 valence electrons. The molecule has 0 N–H and O–H groups in total. The first kappa shape index (κ1) is 14.3. The van der Waals surface area contributed by atoms with Crippen LogP contribution in [-0.2, 0) is 6.54 Å². The summed E-state index contributed by atoms with van der Waals surface area (Å²) in [6.07, 6.45) is 4.06. The number of furan rings is 1. The minimum atomic E-state index is 0.372. The molecule has 1 aliphatic heterocycles. The molecule has 0 aliphatic carbocycles. The molecule has 0 unspecified atom stereocenters. The van der Waals surface area contributed by atoms with E-state index in [0.29, 0.717) is 6.04 Å². The first-order valence-electron chi connectivity index (χ1n) is 8.10. The highest BCUT2D eigenvalue weighted by atomic mass is 16.5. The highest BCUT2D eigenvalue weighted by Crippen LogP contribution is 2.33. The molecule has 4 rings (SSSR count). The van der Waals surface area contributed by atoms with Crippen LogP contribution in [-0.4, -0.2) is 16.6 Å². The van der Waals surface area contributed by atoms with Crippen LogP contribution in [0.4, 0.5) is 0 Å². The van der Waals surface area contributed by atoms with Gasteiger partial charge in [-0.1, -0.05) is 29.4 Å². The minimum absolute atomic E-state index is 0.372. The topological polar surface area (TPSA) is 42.4 Å². The third-order valence-electron chi connectivity index (χ3n) is 4.50. The van der Waals surface area contributed by atoms with E-state index in [1.165, 1.54) is 12.0 Å². The summed E-state index contributed by atoms with van der Waals surface area (Å²) in [5, 5.41) is 4.21. The number of rotatable bonds is 4. The van der Waals surface area contributed by atoms with Crippen LogP contribution in [0.25, 0.3) is 11.3 Å². The Hall–Kier alpha value is -2.33. The highest BCUT2D eigenvalue weighted by Gasteiger charge is 2.28. The molecule has 0 radical (unpaired) electrons. The summed E-state index contributed by atoms with van der Waals surface area (Å²) in [7, 11) is 0. The van der Waals surface area contributed by atoms with Gasteiger partial charge in [0.25, 0.3) is 0 Å². The number of aromatic nitrogens is 1. The Bertz CT molecular complexity index is 759. The van der Waals surface area contributed by atoms with Crippen LogP contribution in [0.3, 0.4) is 0 Å². The molecule has 1 saturated heterocycles. The normalized spacial score (nSPS) is 18.6. The number of aryl methyl sites for hydroxylation is 1. The minimum Gasteiger partial charge on any atom is -0.464 e. The van der Waals surface area contributed by atoms with Gasteiger partial charge < -0.3 is 8.94 Å². The lowest BCUT2D eigenvalue weighted by Gasteiger charge is -2.22. The zero-order chi connectivity index (χ0) is 15.6. The van der Waals surface area contributed by atoms with Crippen molar-refractivity contribution in [2.24, 2.45) is 0 Å². The predicted molar refractivity (Wildman–Crippen MR) is 87.8 cm³/mol. The van der Waals surface area contributed by atoms with Crippen LogP contribution in [0.1, 0.15) is 35.9 Å². The first-order chi connectivity index (χ1) is 11.3. The third kappa shape index (κ3) is 2.94. The first-order valence-corrected chi connectivity index (χ1v) is 8.10. The molecule has 0 amide bonds. The number of hydrogen-bond donors (Lipinski definition) is 0. The Labute approximate surface area is 135 Å². The number of benzene rings is 1. The van der Waals surface area contributed by atoms with Crippen molar-refractivity contribution < 1.29 is 8.94 Å². The van der Waals surface area contributed by atoms with E-state index in [-0.39, 0.29) is 0 Å². The zero-order valence-corrected chi connectivity index (χ0v) is 13.2. The summed E-state index contributed by atoms with van der Waals surface area (Å²) in [4.78, 5) is 2.49. The Morgan fingerprint density at radius 1 is 1.22 bits per heavy atom. The fraction of sp³-hybridized carbons (Fsp3) is 0.316. The van der Waals surface area contributed by atoms with Crippen LogP contribution in [0, 0.1) is 6.92 Å². The van der Waals surface area contributed by atoms with Crippen molar-refractivity contribution in [2.75, 3.05) is 6.54 Å². The quantitative estimate of drug-likeness (QED) is 0.707. The Balaban J connectivity index is 1.49. The van der Waals surface area contributed by atoms with Crippen molar-refractivity contribution >= 4 is 0 Å². The van der Waals surface area contributed by atoms with Gasteiger partial charge in [0.1, 0.15) is 17.2 Å². The van der Waals surface area contributed by atoms with Crippen molar-refractivity contribution in [3.8, 4) is 11.3 Å². The molecule has 23 heavy (non-hydrogen) atoms. The van der Waals surface area contributed by atoms with Gasteiger partial charge in [0, 0.05) is 18.2 Å². The van der Waals surface area contributed by atoms with Gasteiger partial charge in [0.05, 0.1) is 12.3 Å². The van der Waals surface area contributed by atoms with E-state index >= 15 is 0 Å². The van der Waals surface area contributed by atoms with Gasteiger partial charge in [-0.05, 0) is 44.0 Å². The highest BCUT2D eigenvalue weighted by molar-refractivity contribution is 5.57. The van der Waals surface area contributed by atoms with Gasteiger partial charge in [0.15, 0.2) is 0 Å². The van der Waals surface area contributed by atoms with Gasteiger partial charge in [-0.15, -0.1) is 0 Å². The summed E-state index contributed by atoms with van der Waals surface area (Å²) >= 11 is 0. The van der Waals surface area contributed by atoms with E-state index in [2.05, 4.69) is 40.4 Å². The summed E-state index contributed by atoms with van der Waals surface area (Å²) in [6.45, 7) is 3.99. The monoisotopic (exact) mass is 308 g/mol. The number of nitrogens with zero attached hydrogens (tertiary/aromatic N) is 2. The summed E-state index contributed by atoms with van der Waals surface area (Å²) in [5.74, 6) is 1.79. The second-order valence-electron chi connectivity index (χ2n) is 6.17. The lowest BCUT2D eigenvalue weighted by molar-refractivity contribution is 0.237. The van der Waals surface area contributed by atoms with Crippen molar-refractivity contribution in [3.05, 3.63) is 65.7 Å². The molecule has 2 aromatic heterocycles. The molecule has 3 heterocycles. The van der Waals surface area contributed by atoms with E-state index in [1.807, 2.05) is 19.1 Å². The van der Waals surface area contributed by atoms with Crippen LogP contribution >= 0.6 is 0 Å². The lowest BCUT2D eigenvalue weighted by Crippen LogP contribution is -2.22. The van der Waals surface area contributed by atoms with Crippen LogP contribution in [0.15, 0.2) is 57.7 Å². The van der Waals surface area contributed by atoms with Crippen LogP contribution in [0.5, 0.6) is 0 Å². The molecule has 0 spiro atoms. The maximum absolute atomic E-state index is 5.44. The smallest absolute Gasteiger partial charge is 0.133 e. The van der Waals surface area contributed by atoms with Crippen molar-refractivity contribution in [2.45, 2.75) is 32.4 Å². The molecule has 0 bridgehead atoms. The zero-order valence-electron chi connectivity index (χ0n) is 13.2. The van der Waals surface area contributed by atoms with Crippen molar-refractivity contribution in [3.63, 3.8) is 0 Å². The standard InChI is InChI=1S/C19H20N2O2/c1-14-12-17(20-23-14)18-4-2-10-21(18)13-15-6-8-16(9-7-15)19-5-3-11-22-19/h3,5-9,11-12,18H,2,4,10,13H2,1H3/t18-/m1/s1. The molecular weight excluding hydrogens is 288 g/mol. The molecule has 1 atom stereocenters. The molecule has 3 aromatic rings. The Morgan fingerprint density at radius 3 is 2.78 bits per heavy atom. The van der Waals surface area contributed by atoms with E-state index in [1.54, 1.807) is 6.26 Å².